The Balaban J connectivity index is 1.44. The second-order valence-electron chi connectivity index (χ2n) is 9.01. The predicted octanol–water partition coefficient (Wildman–Crippen LogP) is 2.78. The minimum Gasteiger partial charge on any atom is -0.404 e. The number of nitrogen functional groups attached to an aromatic ring is 1. The average molecular weight is 558 g/mol. The zero-order valence-corrected chi connectivity index (χ0v) is 22.6. The summed E-state index contributed by atoms with van der Waals surface area (Å²) in [4.78, 5) is 38.5. The maximum Gasteiger partial charge on any atom is 0.272 e. The van der Waals surface area contributed by atoms with Gasteiger partial charge in [-0.25, -0.2) is 0 Å². The van der Waals surface area contributed by atoms with Crippen LogP contribution in [0, 0.1) is 0 Å². The first-order chi connectivity index (χ1) is 19.0. The summed E-state index contributed by atoms with van der Waals surface area (Å²) in [6.45, 7) is 3.85. The van der Waals surface area contributed by atoms with Gasteiger partial charge in [0.05, 0.1) is 22.7 Å². The highest BCUT2D eigenvalue weighted by atomic mass is 35.5. The monoisotopic (exact) mass is 557 g/mol. The largest absolute Gasteiger partial charge is 0.404 e. The van der Waals surface area contributed by atoms with Crippen LogP contribution < -0.4 is 37.9 Å². The van der Waals surface area contributed by atoms with E-state index in [-0.39, 0.29) is 11.3 Å². The SMILES string of the molecule is C=C(/C=c1/cccc/c1=C/N)C(=O)Nc1cc(C(=O)Nc2cc(C(=O)Nc3ccc(Cl)cc3N)n(C)c2)n(C)c1. The molecule has 0 unspecified atom stereocenters. The minimum absolute atomic E-state index is 0.222. The molecule has 0 bridgehead atoms. The molecule has 2 aromatic carbocycles. The molecule has 2 heterocycles. The van der Waals surface area contributed by atoms with Crippen LogP contribution in [0.4, 0.5) is 22.7 Å². The van der Waals surface area contributed by atoms with Crippen molar-refractivity contribution in [2.24, 2.45) is 19.8 Å². The highest BCUT2D eigenvalue weighted by Gasteiger charge is 2.18. The van der Waals surface area contributed by atoms with E-state index in [2.05, 4.69) is 22.5 Å². The van der Waals surface area contributed by atoms with Gasteiger partial charge in [-0.1, -0.05) is 42.4 Å². The lowest BCUT2D eigenvalue weighted by molar-refractivity contribution is -0.112. The Labute approximate surface area is 235 Å². The number of nitrogens with one attached hydrogen (secondary N) is 3. The number of aromatic nitrogens is 2. The summed E-state index contributed by atoms with van der Waals surface area (Å²) in [5.74, 6) is -1.27. The predicted molar refractivity (Wildman–Crippen MR) is 159 cm³/mol. The smallest absolute Gasteiger partial charge is 0.272 e. The number of hydrogen-bond acceptors (Lipinski definition) is 5. The number of carbonyl (C=O) groups is 3. The molecule has 0 saturated carbocycles. The lowest BCUT2D eigenvalue weighted by Crippen LogP contribution is -2.26. The first kappa shape index (κ1) is 27.8. The Kier molecular flexibility index (Phi) is 8.11. The highest BCUT2D eigenvalue weighted by Crippen LogP contribution is 2.24. The van der Waals surface area contributed by atoms with Gasteiger partial charge < -0.3 is 36.6 Å². The Morgan fingerprint density at radius 2 is 1.43 bits per heavy atom. The van der Waals surface area contributed by atoms with Crippen LogP contribution >= 0.6 is 11.6 Å². The number of amides is 3. The maximum absolute atomic E-state index is 13.0. The molecule has 10 nitrogen and oxygen atoms in total. The summed E-state index contributed by atoms with van der Waals surface area (Å²) in [5, 5.41) is 10.2. The molecule has 7 N–H and O–H groups in total. The van der Waals surface area contributed by atoms with Crippen molar-refractivity contribution < 1.29 is 14.4 Å². The maximum atomic E-state index is 13.0. The second kappa shape index (κ2) is 11.7. The standard InChI is InChI=1S/C29H28ClN7O3/c1-17(10-18-6-4-5-7-19(18)14-31)27(38)33-21-12-25(36(2)15-21)28(39)34-22-13-26(37(3)16-22)29(40)35-24-9-8-20(30)11-23(24)32/h4-16H,1,31-32H2,2-3H3,(H,33,38)(H,34,39)(H,35,40)/b18-10-,19-14-. The van der Waals surface area contributed by atoms with Crippen LogP contribution in [0.3, 0.4) is 0 Å². The number of aryl methyl sites for hydroxylation is 2. The Bertz CT molecular complexity index is 1770. The quantitative estimate of drug-likeness (QED) is 0.175. The summed E-state index contributed by atoms with van der Waals surface area (Å²) in [7, 11) is 3.36. The summed E-state index contributed by atoms with van der Waals surface area (Å²) in [6.07, 6.45) is 6.31. The highest BCUT2D eigenvalue weighted by molar-refractivity contribution is 6.31. The van der Waals surface area contributed by atoms with E-state index in [1.807, 2.05) is 24.3 Å². The van der Waals surface area contributed by atoms with Crippen molar-refractivity contribution >= 4 is 64.3 Å². The van der Waals surface area contributed by atoms with Crippen molar-refractivity contribution in [2.45, 2.75) is 0 Å². The molecule has 2 aromatic heterocycles. The lowest BCUT2D eigenvalue weighted by atomic mass is 10.1. The number of nitrogens with zero attached hydrogens (tertiary/aromatic N) is 2. The van der Waals surface area contributed by atoms with E-state index < -0.39 is 17.7 Å². The van der Waals surface area contributed by atoms with Crippen LogP contribution in [-0.4, -0.2) is 26.9 Å². The fourth-order valence-corrected chi connectivity index (χ4v) is 4.19. The van der Waals surface area contributed by atoms with Gasteiger partial charge in [-0.05, 0) is 46.8 Å². The molecule has 4 rings (SSSR count). The molecule has 40 heavy (non-hydrogen) atoms. The average Bonchev–Trinajstić information content (AvgIpc) is 3.47. The molecule has 11 heteroatoms. The van der Waals surface area contributed by atoms with Gasteiger partial charge >= 0.3 is 0 Å². The van der Waals surface area contributed by atoms with Gasteiger partial charge in [0.25, 0.3) is 17.7 Å². The van der Waals surface area contributed by atoms with Crippen LogP contribution in [0.25, 0.3) is 12.3 Å². The van der Waals surface area contributed by atoms with Crippen LogP contribution in [0.15, 0.2) is 79.1 Å². The molecule has 0 fully saturated rings. The summed E-state index contributed by atoms with van der Waals surface area (Å²) in [5.41, 5.74) is 14.0. The summed E-state index contributed by atoms with van der Waals surface area (Å²) in [6, 6.07) is 15.2. The number of hydrogen-bond donors (Lipinski definition) is 5. The van der Waals surface area contributed by atoms with E-state index in [4.69, 9.17) is 23.1 Å². The number of halogens is 1. The molecule has 3 amide bonds. The fourth-order valence-electron chi connectivity index (χ4n) is 4.00. The Morgan fingerprint density at radius 1 is 0.850 bits per heavy atom. The van der Waals surface area contributed by atoms with Crippen molar-refractivity contribution in [1.82, 2.24) is 9.13 Å². The van der Waals surface area contributed by atoms with Crippen molar-refractivity contribution in [1.29, 1.82) is 0 Å². The van der Waals surface area contributed by atoms with Gasteiger partial charge in [-0.15, -0.1) is 0 Å². The van der Waals surface area contributed by atoms with E-state index >= 15 is 0 Å². The fraction of sp³-hybridized carbons (Fsp3) is 0.0690. The molecule has 0 aliphatic heterocycles. The van der Waals surface area contributed by atoms with E-state index in [0.717, 1.165) is 10.4 Å². The van der Waals surface area contributed by atoms with E-state index in [1.54, 1.807) is 66.0 Å². The van der Waals surface area contributed by atoms with Gasteiger partial charge in [0.1, 0.15) is 11.4 Å². The van der Waals surface area contributed by atoms with E-state index in [1.165, 1.54) is 12.3 Å². The number of nitrogens with two attached hydrogens (primary N) is 2. The molecular weight excluding hydrogens is 530 g/mol. The number of carbonyl (C=O) groups excluding carboxylic acids is 3. The molecule has 4 aromatic rings. The first-order valence-corrected chi connectivity index (χ1v) is 12.4. The van der Waals surface area contributed by atoms with Crippen LogP contribution in [0.5, 0.6) is 0 Å². The molecule has 0 aliphatic rings. The van der Waals surface area contributed by atoms with Crippen LogP contribution in [-0.2, 0) is 18.9 Å². The molecular formula is C29H28ClN7O3. The van der Waals surface area contributed by atoms with Crippen molar-refractivity contribution in [3.8, 4) is 0 Å². The molecule has 0 aliphatic carbocycles. The zero-order chi connectivity index (χ0) is 29.0. The minimum atomic E-state index is -0.430. The Hall–Kier alpha value is -5.22. The normalized spacial score (nSPS) is 11.8. The molecule has 204 valence electrons. The summed E-state index contributed by atoms with van der Waals surface area (Å²) >= 11 is 5.92. The zero-order valence-electron chi connectivity index (χ0n) is 21.9. The lowest BCUT2D eigenvalue weighted by Gasteiger charge is -2.08. The third kappa shape index (κ3) is 6.25. The number of anilines is 4. The Morgan fingerprint density at radius 3 is 2.02 bits per heavy atom. The van der Waals surface area contributed by atoms with Gasteiger partial charge in [0.15, 0.2) is 0 Å². The molecule has 0 spiro atoms. The molecule has 0 atom stereocenters. The van der Waals surface area contributed by atoms with Gasteiger partial charge in [-0.2, -0.15) is 0 Å². The third-order valence-corrected chi connectivity index (χ3v) is 6.28. The van der Waals surface area contributed by atoms with Crippen LogP contribution in [0.2, 0.25) is 5.02 Å². The van der Waals surface area contributed by atoms with Crippen molar-refractivity contribution in [2.75, 3.05) is 21.7 Å². The topological polar surface area (TPSA) is 149 Å². The van der Waals surface area contributed by atoms with Gasteiger partial charge in [-0.3, -0.25) is 14.4 Å². The molecule has 0 radical (unpaired) electrons. The third-order valence-electron chi connectivity index (χ3n) is 6.05. The van der Waals surface area contributed by atoms with Crippen LogP contribution in [0.1, 0.15) is 21.0 Å². The number of benzene rings is 2. The van der Waals surface area contributed by atoms with Crippen molar-refractivity contribution in [3.63, 3.8) is 0 Å². The first-order valence-electron chi connectivity index (χ1n) is 12.0. The van der Waals surface area contributed by atoms with E-state index in [0.29, 0.717) is 33.5 Å². The van der Waals surface area contributed by atoms with Gasteiger partial charge in [0, 0.05) is 43.3 Å². The molecule has 0 saturated heterocycles. The summed E-state index contributed by atoms with van der Waals surface area (Å²) < 4.78 is 3.16. The van der Waals surface area contributed by atoms with Crippen molar-refractivity contribution in [3.05, 3.63) is 106 Å². The van der Waals surface area contributed by atoms with E-state index in [9.17, 15) is 14.4 Å². The number of rotatable bonds is 7. The van der Waals surface area contributed by atoms with Gasteiger partial charge in [0.2, 0.25) is 0 Å². The second-order valence-corrected chi connectivity index (χ2v) is 9.45.